The Morgan fingerprint density at radius 2 is 2.13 bits per heavy atom. The minimum absolute atomic E-state index is 0.114. The average molecular weight is 248 g/mol. The van der Waals surface area contributed by atoms with E-state index in [0.29, 0.717) is 18.0 Å². The largest absolute Gasteiger partial charge is 0.215 e. The topological polar surface area (TPSA) is 46.2 Å². The number of halogens is 1. The van der Waals surface area contributed by atoms with Crippen LogP contribution in [0.4, 0.5) is 0 Å². The van der Waals surface area contributed by atoms with E-state index in [-0.39, 0.29) is 5.75 Å². The zero-order chi connectivity index (χ0) is 11.3. The quantitative estimate of drug-likeness (QED) is 0.863. The number of nitrogens with one attached hydrogen (secondary N) is 1. The second-order valence-corrected chi connectivity index (χ2v) is 5.71. The molecule has 0 heterocycles. The molecule has 0 unspecified atom stereocenters. The summed E-state index contributed by atoms with van der Waals surface area (Å²) >= 11 is 5.80. The number of sulfonamides is 1. The maximum Gasteiger partial charge on any atom is 0.211 e. The number of hydrogen-bond donors (Lipinski definition) is 1. The molecule has 1 aromatic carbocycles. The van der Waals surface area contributed by atoms with Gasteiger partial charge in [-0.25, -0.2) is 13.1 Å². The molecule has 84 valence electrons. The highest BCUT2D eigenvalue weighted by atomic mass is 35.5. The van der Waals surface area contributed by atoms with Gasteiger partial charge in [0, 0.05) is 11.6 Å². The number of hydrogen-bond acceptors (Lipinski definition) is 2. The SMILES string of the molecule is CCS(=O)(=O)NCCc1cccc(Cl)c1. The summed E-state index contributed by atoms with van der Waals surface area (Å²) in [5.74, 6) is 0.114. The van der Waals surface area contributed by atoms with Gasteiger partial charge in [-0.3, -0.25) is 0 Å². The van der Waals surface area contributed by atoms with Crippen LogP contribution in [0.3, 0.4) is 0 Å². The van der Waals surface area contributed by atoms with Crippen LogP contribution in [0.1, 0.15) is 12.5 Å². The standard InChI is InChI=1S/C10H14ClNO2S/c1-2-15(13,14)12-7-6-9-4-3-5-10(11)8-9/h3-5,8,12H,2,6-7H2,1H3. The molecule has 15 heavy (non-hydrogen) atoms. The third-order valence-electron chi connectivity index (χ3n) is 2.00. The van der Waals surface area contributed by atoms with Crippen molar-refractivity contribution in [3.05, 3.63) is 34.9 Å². The molecular formula is C10H14ClNO2S. The first-order chi connectivity index (χ1) is 7.03. The van der Waals surface area contributed by atoms with Gasteiger partial charge < -0.3 is 0 Å². The summed E-state index contributed by atoms with van der Waals surface area (Å²) < 4.78 is 24.7. The fourth-order valence-electron chi connectivity index (χ4n) is 1.15. The third kappa shape index (κ3) is 4.64. The molecule has 0 aliphatic carbocycles. The van der Waals surface area contributed by atoms with Crippen LogP contribution in [-0.2, 0) is 16.4 Å². The van der Waals surface area contributed by atoms with Gasteiger partial charge in [-0.05, 0) is 31.0 Å². The van der Waals surface area contributed by atoms with E-state index in [2.05, 4.69) is 4.72 Å². The molecule has 0 radical (unpaired) electrons. The Bertz CT molecular complexity index is 417. The van der Waals surface area contributed by atoms with Crippen LogP contribution in [0.25, 0.3) is 0 Å². The molecule has 0 saturated carbocycles. The Hall–Kier alpha value is -0.580. The molecular weight excluding hydrogens is 234 g/mol. The minimum Gasteiger partial charge on any atom is -0.215 e. The van der Waals surface area contributed by atoms with Crippen LogP contribution in [0, 0.1) is 0 Å². The second-order valence-electron chi connectivity index (χ2n) is 3.18. The number of rotatable bonds is 5. The van der Waals surface area contributed by atoms with Gasteiger partial charge in [-0.2, -0.15) is 0 Å². The van der Waals surface area contributed by atoms with Gasteiger partial charge in [-0.1, -0.05) is 23.7 Å². The third-order valence-corrected chi connectivity index (χ3v) is 3.64. The first-order valence-corrected chi connectivity index (χ1v) is 6.78. The summed E-state index contributed by atoms with van der Waals surface area (Å²) in [7, 11) is -3.08. The van der Waals surface area contributed by atoms with E-state index in [0.717, 1.165) is 5.56 Å². The van der Waals surface area contributed by atoms with Crippen molar-refractivity contribution in [2.24, 2.45) is 0 Å². The maximum absolute atomic E-state index is 11.1. The lowest BCUT2D eigenvalue weighted by Crippen LogP contribution is -2.27. The molecule has 0 saturated heterocycles. The van der Waals surface area contributed by atoms with Crippen molar-refractivity contribution < 1.29 is 8.42 Å². The molecule has 0 aromatic heterocycles. The molecule has 0 atom stereocenters. The van der Waals surface area contributed by atoms with E-state index < -0.39 is 10.0 Å². The Kier molecular flexibility index (Phi) is 4.57. The molecule has 1 N–H and O–H groups in total. The number of benzene rings is 1. The zero-order valence-corrected chi connectivity index (χ0v) is 10.1. The predicted octanol–water partition coefficient (Wildman–Crippen LogP) is 1.82. The molecule has 5 heteroatoms. The smallest absolute Gasteiger partial charge is 0.211 e. The summed E-state index contributed by atoms with van der Waals surface area (Å²) in [6.07, 6.45) is 0.653. The molecule has 0 amide bonds. The van der Waals surface area contributed by atoms with Gasteiger partial charge in [0.15, 0.2) is 0 Å². The Morgan fingerprint density at radius 1 is 1.40 bits per heavy atom. The molecule has 0 fully saturated rings. The fraction of sp³-hybridized carbons (Fsp3) is 0.400. The van der Waals surface area contributed by atoms with E-state index in [4.69, 9.17) is 11.6 Å². The highest BCUT2D eigenvalue weighted by Crippen LogP contribution is 2.10. The molecule has 0 spiro atoms. The van der Waals surface area contributed by atoms with Crippen molar-refractivity contribution in [2.75, 3.05) is 12.3 Å². The van der Waals surface area contributed by atoms with Gasteiger partial charge in [0.1, 0.15) is 0 Å². The van der Waals surface area contributed by atoms with E-state index in [9.17, 15) is 8.42 Å². The van der Waals surface area contributed by atoms with Crippen molar-refractivity contribution in [2.45, 2.75) is 13.3 Å². The van der Waals surface area contributed by atoms with Crippen LogP contribution in [0.15, 0.2) is 24.3 Å². The van der Waals surface area contributed by atoms with Crippen LogP contribution < -0.4 is 4.72 Å². The van der Waals surface area contributed by atoms with Crippen molar-refractivity contribution >= 4 is 21.6 Å². The Labute approximate surface area is 95.5 Å². The average Bonchev–Trinajstić information content (AvgIpc) is 2.18. The second kappa shape index (κ2) is 5.49. The molecule has 0 aliphatic rings. The van der Waals surface area contributed by atoms with Crippen molar-refractivity contribution in [1.82, 2.24) is 4.72 Å². The summed E-state index contributed by atoms with van der Waals surface area (Å²) in [6, 6.07) is 7.40. The van der Waals surface area contributed by atoms with Crippen molar-refractivity contribution in [3.8, 4) is 0 Å². The summed E-state index contributed by atoms with van der Waals surface area (Å²) in [5, 5.41) is 0.672. The molecule has 1 aromatic rings. The summed E-state index contributed by atoms with van der Waals surface area (Å²) in [5.41, 5.74) is 1.03. The maximum atomic E-state index is 11.1. The van der Waals surface area contributed by atoms with Crippen LogP contribution in [0.5, 0.6) is 0 Å². The summed E-state index contributed by atoms with van der Waals surface area (Å²) in [4.78, 5) is 0. The van der Waals surface area contributed by atoms with Gasteiger partial charge in [-0.15, -0.1) is 0 Å². The Morgan fingerprint density at radius 3 is 2.73 bits per heavy atom. The molecule has 0 bridgehead atoms. The Balaban J connectivity index is 2.45. The molecule has 0 aliphatic heterocycles. The first kappa shape index (κ1) is 12.5. The first-order valence-electron chi connectivity index (χ1n) is 4.75. The normalized spacial score (nSPS) is 11.6. The van der Waals surface area contributed by atoms with E-state index >= 15 is 0 Å². The predicted molar refractivity (Wildman–Crippen MR) is 62.6 cm³/mol. The van der Waals surface area contributed by atoms with Crippen LogP contribution in [0.2, 0.25) is 5.02 Å². The minimum atomic E-state index is -3.08. The lowest BCUT2D eigenvalue weighted by atomic mass is 10.2. The van der Waals surface area contributed by atoms with Crippen LogP contribution in [-0.4, -0.2) is 20.7 Å². The lowest BCUT2D eigenvalue weighted by molar-refractivity contribution is 0.583. The lowest BCUT2D eigenvalue weighted by Gasteiger charge is -2.04. The van der Waals surface area contributed by atoms with E-state index in [1.54, 1.807) is 13.0 Å². The van der Waals surface area contributed by atoms with Gasteiger partial charge in [0.2, 0.25) is 10.0 Å². The highest BCUT2D eigenvalue weighted by Gasteiger charge is 2.04. The van der Waals surface area contributed by atoms with Crippen molar-refractivity contribution in [1.29, 1.82) is 0 Å². The van der Waals surface area contributed by atoms with Gasteiger partial charge in [0.05, 0.1) is 5.75 Å². The fourth-order valence-corrected chi connectivity index (χ4v) is 1.98. The highest BCUT2D eigenvalue weighted by molar-refractivity contribution is 7.89. The summed E-state index contributed by atoms with van der Waals surface area (Å²) in [6.45, 7) is 2.03. The molecule has 3 nitrogen and oxygen atoms in total. The van der Waals surface area contributed by atoms with Crippen molar-refractivity contribution in [3.63, 3.8) is 0 Å². The zero-order valence-electron chi connectivity index (χ0n) is 8.53. The van der Waals surface area contributed by atoms with E-state index in [1.165, 1.54) is 0 Å². The van der Waals surface area contributed by atoms with Crippen LogP contribution >= 0.6 is 11.6 Å². The van der Waals surface area contributed by atoms with Gasteiger partial charge >= 0.3 is 0 Å². The van der Waals surface area contributed by atoms with Gasteiger partial charge in [0.25, 0.3) is 0 Å². The monoisotopic (exact) mass is 247 g/mol. The van der Waals surface area contributed by atoms with E-state index in [1.807, 2.05) is 18.2 Å². The molecule has 1 rings (SSSR count).